The number of carboxylic acid groups (broad SMARTS) is 1. The fourth-order valence-electron chi connectivity index (χ4n) is 1.90. The van der Waals surface area contributed by atoms with Crippen molar-refractivity contribution in [3.63, 3.8) is 0 Å². The van der Waals surface area contributed by atoms with Crippen LogP contribution < -0.4 is 4.74 Å². The second kappa shape index (κ2) is 6.85. The number of hydrogen-bond acceptors (Lipinski definition) is 5. The highest BCUT2D eigenvalue weighted by atomic mass is 16.6. The number of rotatable bonds is 7. The van der Waals surface area contributed by atoms with E-state index in [0.717, 1.165) is 0 Å². The van der Waals surface area contributed by atoms with E-state index in [-0.39, 0.29) is 5.69 Å². The van der Waals surface area contributed by atoms with Gasteiger partial charge in [-0.25, -0.2) is 0 Å². The Morgan fingerprint density at radius 1 is 1.55 bits per heavy atom. The molecule has 7 heteroatoms. The van der Waals surface area contributed by atoms with Gasteiger partial charge in [0.1, 0.15) is 5.75 Å². The van der Waals surface area contributed by atoms with Crippen molar-refractivity contribution in [1.29, 1.82) is 0 Å². The minimum Gasteiger partial charge on any atom is -0.496 e. The lowest BCUT2D eigenvalue weighted by Gasteiger charge is -2.20. The molecule has 20 heavy (non-hydrogen) atoms. The first-order valence-corrected chi connectivity index (χ1v) is 6.07. The largest absolute Gasteiger partial charge is 0.496 e. The van der Waals surface area contributed by atoms with Crippen LogP contribution in [0.1, 0.15) is 12.5 Å². The van der Waals surface area contributed by atoms with Gasteiger partial charge in [0.2, 0.25) is 0 Å². The quantitative estimate of drug-likeness (QED) is 0.605. The molecule has 1 aromatic rings. The average molecular weight is 282 g/mol. The molecule has 0 saturated carbocycles. The van der Waals surface area contributed by atoms with E-state index in [1.807, 2.05) is 0 Å². The summed E-state index contributed by atoms with van der Waals surface area (Å²) in [6, 6.07) is 4.37. The number of nitrogens with zero attached hydrogens (tertiary/aromatic N) is 2. The number of non-ortho nitro benzene ring substituents is 1. The zero-order valence-corrected chi connectivity index (χ0v) is 11.7. The fraction of sp³-hybridized carbons (Fsp3) is 0.462. The van der Waals surface area contributed by atoms with Crippen LogP contribution in [-0.4, -0.2) is 41.6 Å². The summed E-state index contributed by atoms with van der Waals surface area (Å²) in [6.07, 6.45) is 0. The maximum absolute atomic E-state index is 10.8. The van der Waals surface area contributed by atoms with E-state index in [1.54, 1.807) is 24.9 Å². The summed E-state index contributed by atoms with van der Waals surface area (Å²) in [5.74, 6) is -0.835. The van der Waals surface area contributed by atoms with Crippen LogP contribution in [0.15, 0.2) is 18.2 Å². The number of ether oxygens (including phenoxy) is 1. The molecule has 0 saturated heterocycles. The van der Waals surface area contributed by atoms with Crippen LogP contribution in [0, 0.1) is 16.0 Å². The summed E-state index contributed by atoms with van der Waals surface area (Å²) < 4.78 is 5.17. The molecule has 0 bridgehead atoms. The van der Waals surface area contributed by atoms with Gasteiger partial charge in [0.25, 0.3) is 5.69 Å². The fourth-order valence-corrected chi connectivity index (χ4v) is 1.90. The van der Waals surface area contributed by atoms with Crippen LogP contribution in [0.5, 0.6) is 5.75 Å². The zero-order valence-electron chi connectivity index (χ0n) is 11.7. The molecule has 0 heterocycles. The minimum atomic E-state index is -0.872. The van der Waals surface area contributed by atoms with Gasteiger partial charge >= 0.3 is 5.97 Å². The molecule has 1 atom stereocenters. The Morgan fingerprint density at radius 3 is 2.70 bits per heavy atom. The number of nitro groups is 1. The molecule has 0 aliphatic heterocycles. The number of benzene rings is 1. The van der Waals surface area contributed by atoms with Gasteiger partial charge in [-0.15, -0.1) is 0 Å². The third-order valence-corrected chi connectivity index (χ3v) is 2.92. The van der Waals surface area contributed by atoms with Crippen molar-refractivity contribution in [2.24, 2.45) is 5.92 Å². The van der Waals surface area contributed by atoms with E-state index in [1.165, 1.54) is 19.2 Å². The Balaban J connectivity index is 2.86. The van der Waals surface area contributed by atoms with Gasteiger partial charge < -0.3 is 14.7 Å². The SMILES string of the molecule is COc1ccc([N+](=O)[O-])cc1CN(C)CC(C)C(=O)O. The number of carboxylic acids is 1. The Kier molecular flexibility index (Phi) is 5.45. The van der Waals surface area contributed by atoms with Crippen LogP contribution in [0.25, 0.3) is 0 Å². The van der Waals surface area contributed by atoms with Crippen molar-refractivity contribution < 1.29 is 19.6 Å². The van der Waals surface area contributed by atoms with Crippen molar-refractivity contribution in [3.05, 3.63) is 33.9 Å². The molecular formula is C13H18N2O5. The van der Waals surface area contributed by atoms with Gasteiger partial charge in [-0.2, -0.15) is 0 Å². The highest BCUT2D eigenvalue weighted by molar-refractivity contribution is 5.69. The van der Waals surface area contributed by atoms with E-state index in [4.69, 9.17) is 9.84 Å². The molecule has 1 unspecified atom stereocenters. The van der Waals surface area contributed by atoms with Gasteiger partial charge in [-0.1, -0.05) is 6.92 Å². The maximum atomic E-state index is 10.8. The van der Waals surface area contributed by atoms with Gasteiger partial charge in [0.15, 0.2) is 0 Å². The molecule has 0 spiro atoms. The Labute approximate surface area is 116 Å². The molecule has 1 N–H and O–H groups in total. The Morgan fingerprint density at radius 2 is 2.20 bits per heavy atom. The first-order valence-electron chi connectivity index (χ1n) is 6.07. The lowest BCUT2D eigenvalue weighted by molar-refractivity contribution is -0.384. The Bertz CT molecular complexity index is 504. The molecule has 0 fully saturated rings. The lowest BCUT2D eigenvalue weighted by Crippen LogP contribution is -2.28. The minimum absolute atomic E-state index is 0.0134. The van der Waals surface area contributed by atoms with Crippen molar-refractivity contribution in [1.82, 2.24) is 4.90 Å². The summed E-state index contributed by atoms with van der Waals surface area (Å²) in [5, 5.41) is 19.7. The van der Waals surface area contributed by atoms with Gasteiger partial charge in [-0.05, 0) is 13.1 Å². The lowest BCUT2D eigenvalue weighted by atomic mass is 10.1. The molecule has 0 amide bonds. The predicted molar refractivity (Wildman–Crippen MR) is 72.8 cm³/mol. The third kappa shape index (κ3) is 4.20. The molecule has 7 nitrogen and oxygen atoms in total. The smallest absolute Gasteiger partial charge is 0.307 e. The molecule has 0 aliphatic rings. The van der Waals surface area contributed by atoms with Crippen LogP contribution in [-0.2, 0) is 11.3 Å². The van der Waals surface area contributed by atoms with Crippen molar-refractivity contribution in [2.75, 3.05) is 20.7 Å². The predicted octanol–water partition coefficient (Wildman–Crippen LogP) is 1.76. The molecule has 0 aromatic heterocycles. The summed E-state index contributed by atoms with van der Waals surface area (Å²) in [5.41, 5.74) is 0.641. The number of aliphatic carboxylic acids is 1. The topological polar surface area (TPSA) is 92.9 Å². The van der Waals surface area contributed by atoms with Crippen molar-refractivity contribution in [2.45, 2.75) is 13.5 Å². The highest BCUT2D eigenvalue weighted by Crippen LogP contribution is 2.25. The second-order valence-corrected chi connectivity index (χ2v) is 4.69. The molecule has 0 radical (unpaired) electrons. The third-order valence-electron chi connectivity index (χ3n) is 2.92. The van der Waals surface area contributed by atoms with E-state index >= 15 is 0 Å². The Hall–Kier alpha value is -2.15. The molecule has 1 rings (SSSR count). The second-order valence-electron chi connectivity index (χ2n) is 4.69. The monoisotopic (exact) mass is 282 g/mol. The highest BCUT2D eigenvalue weighted by Gasteiger charge is 2.17. The number of nitro benzene ring substituents is 1. The number of methoxy groups -OCH3 is 1. The van der Waals surface area contributed by atoms with Crippen molar-refractivity contribution >= 4 is 11.7 Å². The first kappa shape index (κ1) is 15.9. The van der Waals surface area contributed by atoms with E-state index in [0.29, 0.717) is 24.4 Å². The van der Waals surface area contributed by atoms with Crippen LogP contribution >= 0.6 is 0 Å². The number of hydrogen-bond donors (Lipinski definition) is 1. The van der Waals surface area contributed by atoms with Gasteiger partial charge in [0, 0.05) is 30.8 Å². The average Bonchev–Trinajstić information content (AvgIpc) is 2.38. The normalized spacial score (nSPS) is 12.2. The van der Waals surface area contributed by atoms with Gasteiger partial charge in [-0.3, -0.25) is 14.9 Å². The summed E-state index contributed by atoms with van der Waals surface area (Å²) in [7, 11) is 3.25. The van der Waals surface area contributed by atoms with Gasteiger partial charge in [0.05, 0.1) is 18.0 Å². The molecule has 110 valence electrons. The zero-order chi connectivity index (χ0) is 15.3. The standard InChI is InChI=1S/C13H18N2O5/c1-9(13(16)17)7-14(2)8-10-6-11(15(18)19)4-5-12(10)20-3/h4-6,9H,7-8H2,1-3H3,(H,16,17). The summed E-state index contributed by atoms with van der Waals surface area (Å²) in [6.45, 7) is 2.34. The maximum Gasteiger partial charge on any atom is 0.307 e. The summed E-state index contributed by atoms with van der Waals surface area (Å²) >= 11 is 0. The first-order chi connectivity index (χ1) is 9.35. The number of carbonyl (C=O) groups is 1. The van der Waals surface area contributed by atoms with E-state index in [9.17, 15) is 14.9 Å². The van der Waals surface area contributed by atoms with Crippen LogP contribution in [0.3, 0.4) is 0 Å². The van der Waals surface area contributed by atoms with Crippen LogP contribution in [0.4, 0.5) is 5.69 Å². The van der Waals surface area contributed by atoms with Crippen LogP contribution in [0.2, 0.25) is 0 Å². The molecular weight excluding hydrogens is 264 g/mol. The molecule has 0 aliphatic carbocycles. The summed E-state index contributed by atoms with van der Waals surface area (Å²) in [4.78, 5) is 22.9. The molecule has 1 aromatic carbocycles. The van der Waals surface area contributed by atoms with Crippen molar-refractivity contribution in [3.8, 4) is 5.75 Å². The van der Waals surface area contributed by atoms with E-state index in [2.05, 4.69) is 0 Å². The van der Waals surface area contributed by atoms with E-state index < -0.39 is 16.8 Å².